The van der Waals surface area contributed by atoms with E-state index in [1.165, 1.54) is 120 Å². The highest BCUT2D eigenvalue weighted by Crippen LogP contribution is 2.38. The molecule has 0 N–H and O–H groups in total. The number of hydrogen-bond acceptors (Lipinski definition) is 3. The molecule has 0 radical (unpaired) electrons. The Hall–Kier alpha value is -5.16. The first-order valence-electron chi connectivity index (χ1n) is 31.3. The van der Waals surface area contributed by atoms with Crippen molar-refractivity contribution in [2.24, 2.45) is 18.4 Å². The van der Waals surface area contributed by atoms with Gasteiger partial charge in [0.05, 0.1) is 6.26 Å². The number of nitrogens with zero attached hydrogens (tertiary/aromatic N) is 1. The summed E-state index contributed by atoms with van der Waals surface area (Å²) in [7, 11) is 2.13. The number of thiophene rings is 2. The molecule has 1 fully saturated rings. The van der Waals surface area contributed by atoms with E-state index < -0.39 is 0 Å². The van der Waals surface area contributed by atoms with E-state index in [2.05, 4.69) is 305 Å². The van der Waals surface area contributed by atoms with Crippen molar-refractivity contribution in [3.63, 3.8) is 0 Å². The normalized spacial score (nSPS) is 13.4. The molecule has 9 aromatic rings. The Morgan fingerprint density at radius 1 is 0.440 bits per heavy atom. The smallest absolute Gasteiger partial charge is 0.134 e. The highest BCUT2D eigenvalue weighted by atomic mass is 32.1. The second-order valence-corrected chi connectivity index (χ2v) is 33.0. The molecule has 1 saturated carbocycles. The molecule has 458 valence electrons. The van der Waals surface area contributed by atoms with E-state index in [0.29, 0.717) is 16.2 Å². The van der Waals surface area contributed by atoms with Crippen molar-refractivity contribution in [2.45, 2.75) is 245 Å². The maximum atomic E-state index is 5.48. The third kappa shape index (κ3) is 21.7. The topological polar surface area (TPSA) is 18.1 Å². The van der Waals surface area contributed by atoms with Crippen LogP contribution in [0.25, 0.3) is 32.6 Å². The molecule has 5 aromatic carbocycles. The number of para-hydroxylation sites is 1. The SMILES string of the molecule is CC(C)(C)C1CCCCC1.CC(C)(C)c1ccc2ccccc2c1.CC(C)(C)c1cccs1.CC(C)(C)c1ccsc1.CC(C)(C)c1coc2ccccc12.Cc1cc(C(C)(C)C)cc(C)c1C.Cc1cc2c(C(C)(C)C)cn(C)c2cc1C. The largest absolute Gasteiger partial charge is 0.464 e. The van der Waals surface area contributed by atoms with Crippen molar-refractivity contribution in [1.82, 2.24) is 4.57 Å². The van der Waals surface area contributed by atoms with Crippen LogP contribution in [-0.2, 0) is 39.5 Å². The van der Waals surface area contributed by atoms with Gasteiger partial charge < -0.3 is 8.98 Å². The number of furan rings is 1. The summed E-state index contributed by atoms with van der Waals surface area (Å²) in [6, 6.07) is 39.1. The van der Waals surface area contributed by atoms with Crippen molar-refractivity contribution in [2.75, 3.05) is 0 Å². The number of benzene rings is 5. The molecule has 84 heavy (non-hydrogen) atoms. The van der Waals surface area contributed by atoms with E-state index in [1.807, 2.05) is 35.8 Å². The number of aryl methyl sites for hydroxylation is 5. The molecule has 4 heteroatoms. The molecular formula is C80H115NOS2. The molecule has 1 aliphatic rings. The zero-order chi connectivity index (χ0) is 63.4. The van der Waals surface area contributed by atoms with Gasteiger partial charge in [-0.05, 0) is 199 Å². The zero-order valence-electron chi connectivity index (χ0n) is 58.1. The van der Waals surface area contributed by atoms with Gasteiger partial charge in [0.25, 0.3) is 0 Å². The predicted octanol–water partition coefficient (Wildman–Crippen LogP) is 25.6. The van der Waals surface area contributed by atoms with Crippen LogP contribution < -0.4 is 0 Å². The molecule has 10 rings (SSSR count). The van der Waals surface area contributed by atoms with Crippen LogP contribution in [0.2, 0.25) is 0 Å². The molecule has 0 spiro atoms. The molecule has 0 atom stereocenters. The zero-order valence-corrected chi connectivity index (χ0v) is 59.7. The Bertz CT molecular complexity index is 3320. The Kier molecular flexibility index (Phi) is 25.0. The highest BCUT2D eigenvalue weighted by Gasteiger charge is 2.26. The molecule has 0 saturated heterocycles. The van der Waals surface area contributed by atoms with E-state index in [0.717, 1.165) is 11.5 Å². The van der Waals surface area contributed by atoms with E-state index in [1.54, 1.807) is 11.3 Å². The van der Waals surface area contributed by atoms with Crippen molar-refractivity contribution < 1.29 is 4.42 Å². The van der Waals surface area contributed by atoms with Crippen LogP contribution in [-0.4, -0.2) is 4.57 Å². The van der Waals surface area contributed by atoms with Crippen LogP contribution in [0.1, 0.15) is 238 Å². The first-order valence-corrected chi connectivity index (χ1v) is 33.1. The molecular weight excluding hydrogens is 1060 g/mol. The van der Waals surface area contributed by atoms with Crippen molar-refractivity contribution in [1.29, 1.82) is 0 Å². The van der Waals surface area contributed by atoms with Gasteiger partial charge in [-0.1, -0.05) is 244 Å². The Morgan fingerprint density at radius 3 is 1.43 bits per heavy atom. The van der Waals surface area contributed by atoms with Gasteiger partial charge in [-0.3, -0.25) is 0 Å². The van der Waals surface area contributed by atoms with Crippen LogP contribution in [0.4, 0.5) is 0 Å². The van der Waals surface area contributed by atoms with E-state index in [-0.39, 0.29) is 21.7 Å². The summed E-state index contributed by atoms with van der Waals surface area (Å²) in [4.78, 5) is 1.46. The number of hydrogen-bond donors (Lipinski definition) is 0. The summed E-state index contributed by atoms with van der Waals surface area (Å²) in [5, 5.41) is 11.7. The molecule has 0 unspecified atom stereocenters. The summed E-state index contributed by atoms with van der Waals surface area (Å²) in [6.07, 6.45) is 11.5. The maximum Gasteiger partial charge on any atom is 0.134 e. The number of aromatic nitrogens is 1. The molecule has 4 heterocycles. The second kappa shape index (κ2) is 29.5. The summed E-state index contributed by atoms with van der Waals surface area (Å²) in [6.45, 7) is 58.4. The first kappa shape index (κ1) is 71.3. The van der Waals surface area contributed by atoms with Gasteiger partial charge in [-0.15, -0.1) is 11.3 Å². The lowest BCUT2D eigenvalue weighted by atomic mass is 9.72. The molecule has 1 aliphatic carbocycles. The predicted molar refractivity (Wildman–Crippen MR) is 380 cm³/mol. The van der Waals surface area contributed by atoms with Crippen LogP contribution in [0.15, 0.2) is 142 Å². The Morgan fingerprint density at radius 2 is 0.976 bits per heavy atom. The number of rotatable bonds is 0. The van der Waals surface area contributed by atoms with Gasteiger partial charge in [0, 0.05) is 40.0 Å². The molecule has 0 aliphatic heterocycles. The second-order valence-electron chi connectivity index (χ2n) is 31.2. The standard InChI is InChI=1S/C15H21N.C14H16.C13H20.C12H14O.C10H20.2C8H12S/c1-10-7-12-13(15(3,4)5)9-16(6)14(12)8-11(10)2;1-14(2,3)13-9-8-11-6-4-5-7-12(11)10-13;1-9-7-12(13(4,5)6)8-10(2)11(9)3;1-12(2,3)10-8-13-11-7-5-4-6-9(10)11;1-10(2,3)9-7-5-4-6-8-9;1-8(2,3)7-4-5-9-6-7;1-8(2,3)7-5-4-6-9-7/h7-9H,1-6H3;4-10H,1-3H3;7-8H,1-6H3;4-8H,1-3H3;9H,4-8H2,1-3H3;2*4-6H,1-3H3. The van der Waals surface area contributed by atoms with Crippen LogP contribution >= 0.6 is 22.7 Å². The van der Waals surface area contributed by atoms with Gasteiger partial charge in [0.1, 0.15) is 5.58 Å². The fourth-order valence-electron chi connectivity index (χ4n) is 10.3. The third-order valence-corrected chi connectivity index (χ3v) is 18.6. The minimum Gasteiger partial charge on any atom is -0.464 e. The minimum absolute atomic E-state index is 0.159. The lowest BCUT2D eigenvalue weighted by Crippen LogP contribution is -2.22. The summed E-state index contributed by atoms with van der Waals surface area (Å²) in [5.41, 5.74) is 18.4. The van der Waals surface area contributed by atoms with E-state index in [4.69, 9.17) is 4.42 Å². The van der Waals surface area contributed by atoms with Crippen LogP contribution in [0.5, 0.6) is 0 Å². The van der Waals surface area contributed by atoms with Gasteiger partial charge in [0.2, 0.25) is 0 Å². The third-order valence-electron chi connectivity index (χ3n) is 16.6. The van der Waals surface area contributed by atoms with E-state index in [9.17, 15) is 0 Å². The highest BCUT2D eigenvalue weighted by molar-refractivity contribution is 7.10. The van der Waals surface area contributed by atoms with Gasteiger partial charge in [-0.25, -0.2) is 0 Å². The summed E-state index contributed by atoms with van der Waals surface area (Å²) < 4.78 is 7.71. The summed E-state index contributed by atoms with van der Waals surface area (Å²) in [5.74, 6) is 1.00. The van der Waals surface area contributed by atoms with Crippen molar-refractivity contribution >= 4 is 55.3 Å². The average Bonchev–Trinajstić information content (AvgIpc) is 3.90. The molecule has 4 aromatic heterocycles. The lowest BCUT2D eigenvalue weighted by molar-refractivity contribution is 0.180. The Balaban J connectivity index is 0.000000212. The Labute approximate surface area is 522 Å². The average molecular weight is 1170 g/mol. The minimum atomic E-state index is 0.159. The van der Waals surface area contributed by atoms with Crippen LogP contribution in [0, 0.1) is 46.0 Å². The van der Waals surface area contributed by atoms with Crippen LogP contribution in [0.3, 0.4) is 0 Å². The fraction of sp³-hybridized carbons (Fsp3) is 0.500. The lowest BCUT2D eigenvalue weighted by Gasteiger charge is -2.33. The van der Waals surface area contributed by atoms with Crippen molar-refractivity contribution in [3.05, 3.63) is 198 Å². The monoisotopic (exact) mass is 1170 g/mol. The van der Waals surface area contributed by atoms with Gasteiger partial charge in [-0.2, -0.15) is 11.3 Å². The van der Waals surface area contributed by atoms with E-state index >= 15 is 0 Å². The molecule has 0 bridgehead atoms. The fourth-order valence-corrected chi connectivity index (χ4v) is 12.0. The summed E-state index contributed by atoms with van der Waals surface area (Å²) >= 11 is 3.60. The van der Waals surface area contributed by atoms with Gasteiger partial charge >= 0.3 is 0 Å². The maximum absolute atomic E-state index is 5.48. The number of fused-ring (bicyclic) bond motifs is 3. The molecule has 0 amide bonds. The first-order chi connectivity index (χ1) is 38.6. The molecule has 2 nitrogen and oxygen atoms in total. The van der Waals surface area contributed by atoms with Crippen molar-refractivity contribution in [3.8, 4) is 0 Å². The quantitative estimate of drug-likeness (QED) is 0.148. The van der Waals surface area contributed by atoms with Gasteiger partial charge in [0.15, 0.2) is 0 Å².